The standard InChI is InChI=1S/C12H16N2O/c1-10-2-4-11(5-3-10)14-9-8-13-7-6-12(14)15/h2-5,13H,6-9H2,1H3. The van der Waals surface area contributed by atoms with Crippen molar-refractivity contribution in [1.29, 1.82) is 0 Å². The second-order valence-corrected chi connectivity index (χ2v) is 3.88. The predicted molar refractivity (Wildman–Crippen MR) is 61.0 cm³/mol. The van der Waals surface area contributed by atoms with E-state index in [0.717, 1.165) is 25.3 Å². The lowest BCUT2D eigenvalue weighted by molar-refractivity contribution is -0.118. The number of hydrogen-bond acceptors (Lipinski definition) is 2. The van der Waals surface area contributed by atoms with Gasteiger partial charge in [0, 0.05) is 31.7 Å². The fourth-order valence-corrected chi connectivity index (χ4v) is 1.77. The van der Waals surface area contributed by atoms with Crippen molar-refractivity contribution in [3.05, 3.63) is 29.8 Å². The topological polar surface area (TPSA) is 32.3 Å². The third kappa shape index (κ3) is 2.36. The van der Waals surface area contributed by atoms with Gasteiger partial charge in [-0.2, -0.15) is 0 Å². The summed E-state index contributed by atoms with van der Waals surface area (Å²) in [7, 11) is 0. The highest BCUT2D eigenvalue weighted by Gasteiger charge is 2.17. The van der Waals surface area contributed by atoms with E-state index in [9.17, 15) is 4.79 Å². The summed E-state index contributed by atoms with van der Waals surface area (Å²) in [5.41, 5.74) is 2.23. The number of benzene rings is 1. The molecule has 0 atom stereocenters. The van der Waals surface area contributed by atoms with Gasteiger partial charge in [-0.25, -0.2) is 0 Å². The second kappa shape index (κ2) is 4.45. The second-order valence-electron chi connectivity index (χ2n) is 3.88. The Morgan fingerprint density at radius 1 is 1.20 bits per heavy atom. The molecular formula is C12H16N2O. The van der Waals surface area contributed by atoms with E-state index in [1.54, 1.807) is 0 Å². The van der Waals surface area contributed by atoms with E-state index in [1.165, 1.54) is 5.56 Å². The van der Waals surface area contributed by atoms with Crippen LogP contribution in [0.5, 0.6) is 0 Å². The quantitative estimate of drug-likeness (QED) is 0.748. The number of rotatable bonds is 1. The van der Waals surface area contributed by atoms with E-state index < -0.39 is 0 Å². The highest BCUT2D eigenvalue weighted by Crippen LogP contribution is 2.16. The number of nitrogens with one attached hydrogen (secondary N) is 1. The van der Waals surface area contributed by atoms with Gasteiger partial charge in [0.05, 0.1) is 0 Å². The van der Waals surface area contributed by atoms with Crippen LogP contribution in [0.4, 0.5) is 5.69 Å². The van der Waals surface area contributed by atoms with E-state index in [1.807, 2.05) is 29.2 Å². The average Bonchev–Trinajstić information content (AvgIpc) is 2.44. The zero-order valence-electron chi connectivity index (χ0n) is 8.99. The van der Waals surface area contributed by atoms with Gasteiger partial charge in [-0.15, -0.1) is 0 Å². The third-order valence-corrected chi connectivity index (χ3v) is 2.67. The SMILES string of the molecule is Cc1ccc(N2CCNCCC2=O)cc1. The molecule has 3 heteroatoms. The molecule has 1 aliphatic rings. The van der Waals surface area contributed by atoms with Crippen LogP contribution in [-0.4, -0.2) is 25.5 Å². The summed E-state index contributed by atoms with van der Waals surface area (Å²) in [5.74, 6) is 0.212. The normalized spacial score (nSPS) is 17.7. The van der Waals surface area contributed by atoms with Gasteiger partial charge in [0.2, 0.25) is 5.91 Å². The van der Waals surface area contributed by atoms with E-state index in [4.69, 9.17) is 0 Å². The summed E-state index contributed by atoms with van der Waals surface area (Å²) in [6.07, 6.45) is 0.591. The fraction of sp³-hybridized carbons (Fsp3) is 0.417. The van der Waals surface area contributed by atoms with Crippen LogP contribution >= 0.6 is 0 Å². The highest BCUT2D eigenvalue weighted by atomic mass is 16.2. The van der Waals surface area contributed by atoms with Gasteiger partial charge in [-0.05, 0) is 19.1 Å². The summed E-state index contributed by atoms with van der Waals surface area (Å²) in [5, 5.41) is 3.23. The zero-order valence-corrected chi connectivity index (χ0v) is 8.99. The number of carbonyl (C=O) groups is 1. The molecule has 15 heavy (non-hydrogen) atoms. The maximum absolute atomic E-state index is 11.8. The van der Waals surface area contributed by atoms with Crippen LogP contribution in [0.1, 0.15) is 12.0 Å². The number of carbonyl (C=O) groups excluding carboxylic acids is 1. The van der Waals surface area contributed by atoms with E-state index >= 15 is 0 Å². The molecule has 1 N–H and O–H groups in total. The van der Waals surface area contributed by atoms with Crippen molar-refractivity contribution < 1.29 is 4.79 Å². The Bertz CT molecular complexity index is 345. The maximum atomic E-state index is 11.8. The van der Waals surface area contributed by atoms with E-state index in [0.29, 0.717) is 6.42 Å². The fourth-order valence-electron chi connectivity index (χ4n) is 1.77. The third-order valence-electron chi connectivity index (χ3n) is 2.67. The number of nitrogens with zero attached hydrogens (tertiary/aromatic N) is 1. The summed E-state index contributed by atoms with van der Waals surface area (Å²) in [4.78, 5) is 13.6. The molecule has 1 aliphatic heterocycles. The molecule has 1 amide bonds. The Morgan fingerprint density at radius 2 is 1.93 bits per heavy atom. The number of amides is 1. The van der Waals surface area contributed by atoms with Gasteiger partial charge >= 0.3 is 0 Å². The molecule has 0 unspecified atom stereocenters. The lowest BCUT2D eigenvalue weighted by atomic mass is 10.2. The number of anilines is 1. The van der Waals surface area contributed by atoms with Gasteiger partial charge in [0.15, 0.2) is 0 Å². The van der Waals surface area contributed by atoms with Crippen LogP contribution in [0.25, 0.3) is 0 Å². The van der Waals surface area contributed by atoms with Crippen molar-refractivity contribution in [1.82, 2.24) is 5.32 Å². The molecule has 0 aromatic heterocycles. The monoisotopic (exact) mass is 204 g/mol. The summed E-state index contributed by atoms with van der Waals surface area (Å²) >= 11 is 0. The first-order valence-corrected chi connectivity index (χ1v) is 5.35. The smallest absolute Gasteiger partial charge is 0.228 e. The molecule has 0 saturated carbocycles. The molecular weight excluding hydrogens is 188 g/mol. The highest BCUT2D eigenvalue weighted by molar-refractivity contribution is 5.93. The molecule has 80 valence electrons. The van der Waals surface area contributed by atoms with Gasteiger partial charge in [-0.1, -0.05) is 17.7 Å². The van der Waals surface area contributed by atoms with Gasteiger partial charge in [0.25, 0.3) is 0 Å². The van der Waals surface area contributed by atoms with Crippen LogP contribution < -0.4 is 10.2 Å². The van der Waals surface area contributed by atoms with Crippen molar-refractivity contribution in [2.45, 2.75) is 13.3 Å². The van der Waals surface area contributed by atoms with Crippen molar-refractivity contribution in [3.8, 4) is 0 Å². The zero-order chi connectivity index (χ0) is 10.7. The molecule has 0 radical (unpaired) electrons. The molecule has 1 fully saturated rings. The minimum absolute atomic E-state index is 0.212. The average molecular weight is 204 g/mol. The summed E-state index contributed by atoms with van der Waals surface area (Å²) in [6.45, 7) is 4.48. The Balaban J connectivity index is 2.20. The summed E-state index contributed by atoms with van der Waals surface area (Å²) < 4.78 is 0. The Morgan fingerprint density at radius 3 is 2.67 bits per heavy atom. The predicted octanol–water partition coefficient (Wildman–Crippen LogP) is 1.32. The number of hydrogen-bond donors (Lipinski definition) is 1. The Kier molecular flexibility index (Phi) is 3.02. The molecule has 1 saturated heterocycles. The van der Waals surface area contributed by atoms with Crippen LogP contribution in [0, 0.1) is 6.92 Å². The minimum atomic E-state index is 0.212. The maximum Gasteiger partial charge on any atom is 0.228 e. The molecule has 1 heterocycles. The molecule has 0 bridgehead atoms. The Labute approximate surface area is 90.1 Å². The molecule has 2 rings (SSSR count). The van der Waals surface area contributed by atoms with Crippen molar-refractivity contribution >= 4 is 11.6 Å². The first kappa shape index (κ1) is 10.2. The lowest BCUT2D eigenvalue weighted by Gasteiger charge is -2.20. The van der Waals surface area contributed by atoms with Gasteiger partial charge in [0.1, 0.15) is 0 Å². The first-order chi connectivity index (χ1) is 7.27. The van der Waals surface area contributed by atoms with Crippen LogP contribution in [-0.2, 0) is 4.79 Å². The Hall–Kier alpha value is -1.35. The molecule has 0 spiro atoms. The van der Waals surface area contributed by atoms with Crippen LogP contribution in [0.15, 0.2) is 24.3 Å². The lowest BCUT2D eigenvalue weighted by Crippen LogP contribution is -2.32. The van der Waals surface area contributed by atoms with Crippen LogP contribution in [0.2, 0.25) is 0 Å². The van der Waals surface area contributed by atoms with Gasteiger partial charge in [-0.3, -0.25) is 4.79 Å². The largest absolute Gasteiger partial charge is 0.314 e. The van der Waals surface area contributed by atoms with Crippen LogP contribution in [0.3, 0.4) is 0 Å². The number of aryl methyl sites for hydroxylation is 1. The van der Waals surface area contributed by atoms with Crippen molar-refractivity contribution in [2.24, 2.45) is 0 Å². The van der Waals surface area contributed by atoms with Gasteiger partial charge < -0.3 is 10.2 Å². The first-order valence-electron chi connectivity index (χ1n) is 5.35. The molecule has 3 nitrogen and oxygen atoms in total. The van der Waals surface area contributed by atoms with E-state index in [-0.39, 0.29) is 5.91 Å². The molecule has 1 aromatic carbocycles. The van der Waals surface area contributed by atoms with Crippen molar-refractivity contribution in [2.75, 3.05) is 24.5 Å². The minimum Gasteiger partial charge on any atom is -0.314 e. The van der Waals surface area contributed by atoms with E-state index in [2.05, 4.69) is 12.2 Å². The van der Waals surface area contributed by atoms with Crippen molar-refractivity contribution in [3.63, 3.8) is 0 Å². The summed E-state index contributed by atoms with van der Waals surface area (Å²) in [6, 6.07) is 8.11. The molecule has 0 aliphatic carbocycles. The molecule has 1 aromatic rings.